The van der Waals surface area contributed by atoms with Gasteiger partial charge in [-0.05, 0) is 30.0 Å². The van der Waals surface area contributed by atoms with Crippen molar-refractivity contribution < 1.29 is 4.79 Å². The van der Waals surface area contributed by atoms with Crippen LogP contribution in [0.4, 0.5) is 5.95 Å². The van der Waals surface area contributed by atoms with Crippen LogP contribution in [0.3, 0.4) is 0 Å². The Kier molecular flexibility index (Phi) is 5.05. The van der Waals surface area contributed by atoms with Crippen molar-refractivity contribution in [3.05, 3.63) is 42.2 Å². The van der Waals surface area contributed by atoms with E-state index in [0.29, 0.717) is 6.54 Å². The molecule has 0 atom stereocenters. The fourth-order valence-corrected chi connectivity index (χ4v) is 2.92. The van der Waals surface area contributed by atoms with Gasteiger partial charge in [0.2, 0.25) is 11.9 Å². The average molecular weight is 325 g/mol. The molecule has 0 radical (unpaired) electrons. The van der Waals surface area contributed by atoms with Crippen LogP contribution in [0, 0.1) is 0 Å². The van der Waals surface area contributed by atoms with Crippen LogP contribution in [0.2, 0.25) is 0 Å². The Labute approximate surface area is 142 Å². The van der Waals surface area contributed by atoms with Gasteiger partial charge < -0.3 is 15.5 Å². The van der Waals surface area contributed by atoms with E-state index in [9.17, 15) is 4.79 Å². The Hall–Kier alpha value is -2.47. The molecule has 0 unspecified atom stereocenters. The Balaban J connectivity index is 1.74. The molecule has 1 aromatic carbocycles. The molecule has 2 aromatic rings. The number of amides is 1. The maximum Gasteiger partial charge on any atom is 0.236 e. The normalized spacial score (nSPS) is 14.0. The van der Waals surface area contributed by atoms with Crippen molar-refractivity contribution in [2.45, 2.75) is 19.4 Å². The summed E-state index contributed by atoms with van der Waals surface area (Å²) in [6, 6.07) is 8.08. The summed E-state index contributed by atoms with van der Waals surface area (Å²) in [4.78, 5) is 24.5. The standard InChI is InChI=1S/C18H23N5O/c1-22(17(24)10-19)13-14-5-4-6-15(9-14)16-11-20-18(21-12-16)23-7-2-3-8-23/h4-6,9,11-12H,2-3,7-8,10,13,19H2,1H3. The third-order valence-corrected chi connectivity index (χ3v) is 4.31. The van der Waals surface area contributed by atoms with Crippen LogP contribution >= 0.6 is 0 Å². The third-order valence-electron chi connectivity index (χ3n) is 4.31. The van der Waals surface area contributed by atoms with Crippen molar-refractivity contribution in [3.8, 4) is 11.1 Å². The van der Waals surface area contributed by atoms with Crippen molar-refractivity contribution in [2.24, 2.45) is 5.73 Å². The maximum absolute atomic E-state index is 11.6. The molecule has 6 heteroatoms. The van der Waals surface area contributed by atoms with Gasteiger partial charge >= 0.3 is 0 Å². The number of aromatic nitrogens is 2. The molecule has 6 nitrogen and oxygen atoms in total. The second-order valence-corrected chi connectivity index (χ2v) is 6.12. The third kappa shape index (κ3) is 3.71. The zero-order valence-corrected chi connectivity index (χ0v) is 14.0. The lowest BCUT2D eigenvalue weighted by atomic mass is 10.1. The number of nitrogens with two attached hydrogens (primary N) is 1. The van der Waals surface area contributed by atoms with E-state index in [0.717, 1.165) is 35.7 Å². The number of anilines is 1. The van der Waals surface area contributed by atoms with E-state index >= 15 is 0 Å². The van der Waals surface area contributed by atoms with E-state index in [1.165, 1.54) is 12.8 Å². The number of hydrogen-bond donors (Lipinski definition) is 1. The molecule has 1 aromatic heterocycles. The molecular formula is C18H23N5O. The lowest BCUT2D eigenvalue weighted by Gasteiger charge is -2.17. The first-order chi connectivity index (χ1) is 11.7. The van der Waals surface area contributed by atoms with Crippen LogP contribution in [0.1, 0.15) is 18.4 Å². The van der Waals surface area contributed by atoms with Gasteiger partial charge in [0.05, 0.1) is 6.54 Å². The van der Waals surface area contributed by atoms with Gasteiger partial charge in [-0.2, -0.15) is 0 Å². The minimum atomic E-state index is -0.0706. The number of nitrogens with zero attached hydrogens (tertiary/aromatic N) is 4. The summed E-state index contributed by atoms with van der Waals surface area (Å²) in [5, 5.41) is 0. The fourth-order valence-electron chi connectivity index (χ4n) is 2.92. The summed E-state index contributed by atoms with van der Waals surface area (Å²) in [6.07, 6.45) is 6.16. The molecule has 126 valence electrons. The molecule has 2 heterocycles. The largest absolute Gasteiger partial charge is 0.341 e. The second-order valence-electron chi connectivity index (χ2n) is 6.12. The van der Waals surface area contributed by atoms with E-state index in [1.807, 2.05) is 30.6 Å². The molecular weight excluding hydrogens is 302 g/mol. The maximum atomic E-state index is 11.6. The Morgan fingerprint density at radius 3 is 2.58 bits per heavy atom. The van der Waals surface area contributed by atoms with E-state index in [2.05, 4.69) is 20.9 Å². The van der Waals surface area contributed by atoms with Gasteiger partial charge in [-0.25, -0.2) is 9.97 Å². The molecule has 1 fully saturated rings. The van der Waals surface area contributed by atoms with Crippen LogP contribution in [0.25, 0.3) is 11.1 Å². The lowest BCUT2D eigenvalue weighted by molar-refractivity contribution is -0.128. The summed E-state index contributed by atoms with van der Waals surface area (Å²) in [5.41, 5.74) is 8.49. The number of carbonyl (C=O) groups excluding carboxylic acids is 1. The van der Waals surface area contributed by atoms with Crippen LogP contribution in [0.5, 0.6) is 0 Å². The van der Waals surface area contributed by atoms with Crippen molar-refractivity contribution in [2.75, 3.05) is 31.6 Å². The first kappa shape index (κ1) is 16.4. The van der Waals surface area contributed by atoms with Gasteiger partial charge in [-0.1, -0.05) is 18.2 Å². The van der Waals surface area contributed by atoms with E-state index < -0.39 is 0 Å². The van der Waals surface area contributed by atoms with E-state index in [-0.39, 0.29) is 12.5 Å². The van der Waals surface area contributed by atoms with E-state index in [4.69, 9.17) is 5.73 Å². The SMILES string of the molecule is CN(Cc1cccc(-c2cnc(N3CCCC3)nc2)c1)C(=O)CN. The zero-order chi connectivity index (χ0) is 16.9. The first-order valence-electron chi connectivity index (χ1n) is 8.27. The number of likely N-dealkylation sites (N-methyl/N-ethyl adjacent to an activating group) is 1. The van der Waals surface area contributed by atoms with Gasteiger partial charge in [0, 0.05) is 44.6 Å². The molecule has 1 aliphatic heterocycles. The van der Waals surface area contributed by atoms with Gasteiger partial charge in [0.25, 0.3) is 0 Å². The highest BCUT2D eigenvalue weighted by Gasteiger charge is 2.14. The smallest absolute Gasteiger partial charge is 0.236 e. The van der Waals surface area contributed by atoms with Gasteiger partial charge in [-0.3, -0.25) is 4.79 Å². The summed E-state index contributed by atoms with van der Waals surface area (Å²) in [7, 11) is 1.76. The summed E-state index contributed by atoms with van der Waals surface area (Å²) in [6.45, 7) is 2.64. The predicted molar refractivity (Wildman–Crippen MR) is 94.4 cm³/mol. The van der Waals surface area contributed by atoms with Crippen LogP contribution in [-0.4, -0.2) is 47.5 Å². The minimum Gasteiger partial charge on any atom is -0.341 e. The average Bonchev–Trinajstić information content (AvgIpc) is 3.16. The highest BCUT2D eigenvalue weighted by Crippen LogP contribution is 2.22. The first-order valence-corrected chi connectivity index (χ1v) is 8.27. The summed E-state index contributed by atoms with van der Waals surface area (Å²) < 4.78 is 0. The van der Waals surface area contributed by atoms with Gasteiger partial charge in [0.1, 0.15) is 0 Å². The molecule has 0 saturated carbocycles. The number of benzene rings is 1. The molecule has 0 bridgehead atoms. The van der Waals surface area contributed by atoms with Crippen LogP contribution in [-0.2, 0) is 11.3 Å². The summed E-state index contributed by atoms with van der Waals surface area (Å²) >= 11 is 0. The van der Waals surface area contributed by atoms with Gasteiger partial charge in [0.15, 0.2) is 0 Å². The lowest BCUT2D eigenvalue weighted by Crippen LogP contribution is -2.32. The predicted octanol–water partition coefficient (Wildman–Crippen LogP) is 1.66. The number of hydrogen-bond acceptors (Lipinski definition) is 5. The quantitative estimate of drug-likeness (QED) is 0.905. The summed E-state index contributed by atoms with van der Waals surface area (Å²) in [5.74, 6) is 0.736. The molecule has 2 N–H and O–H groups in total. The molecule has 0 aliphatic carbocycles. The van der Waals surface area contributed by atoms with Crippen molar-refractivity contribution in [1.82, 2.24) is 14.9 Å². The highest BCUT2D eigenvalue weighted by atomic mass is 16.2. The van der Waals surface area contributed by atoms with Gasteiger partial charge in [-0.15, -0.1) is 0 Å². The van der Waals surface area contributed by atoms with Crippen LogP contribution in [0.15, 0.2) is 36.7 Å². The fraction of sp³-hybridized carbons (Fsp3) is 0.389. The monoisotopic (exact) mass is 325 g/mol. The minimum absolute atomic E-state index is 0.0298. The second kappa shape index (κ2) is 7.40. The molecule has 1 saturated heterocycles. The Morgan fingerprint density at radius 2 is 1.92 bits per heavy atom. The highest BCUT2D eigenvalue weighted by molar-refractivity contribution is 5.77. The van der Waals surface area contributed by atoms with Crippen molar-refractivity contribution in [1.29, 1.82) is 0 Å². The molecule has 0 spiro atoms. The molecule has 1 aliphatic rings. The number of rotatable bonds is 5. The van der Waals surface area contributed by atoms with Crippen molar-refractivity contribution >= 4 is 11.9 Å². The Bertz CT molecular complexity index is 695. The van der Waals surface area contributed by atoms with E-state index in [1.54, 1.807) is 11.9 Å². The zero-order valence-electron chi connectivity index (χ0n) is 14.0. The van der Waals surface area contributed by atoms with Crippen molar-refractivity contribution in [3.63, 3.8) is 0 Å². The topological polar surface area (TPSA) is 75.4 Å². The molecule has 24 heavy (non-hydrogen) atoms. The van der Waals surface area contributed by atoms with Crippen LogP contribution < -0.4 is 10.6 Å². The Morgan fingerprint density at radius 1 is 1.21 bits per heavy atom. The molecule has 3 rings (SSSR count). The molecule has 1 amide bonds. The number of carbonyl (C=O) groups is 1.